The molecule has 0 aliphatic rings. The molecule has 3 N–H and O–H groups in total. The van der Waals surface area contributed by atoms with Crippen molar-refractivity contribution in [1.82, 2.24) is 9.97 Å². The highest BCUT2D eigenvalue weighted by Gasteiger charge is 2.09. The third-order valence-electron chi connectivity index (χ3n) is 2.31. The summed E-state index contributed by atoms with van der Waals surface area (Å²) >= 11 is 6.05. The molecular weight excluding hydrogens is 243 g/mol. The van der Waals surface area contributed by atoms with Gasteiger partial charge in [-0.25, -0.2) is 20.2 Å². The number of hydrogen-bond acceptors (Lipinski definition) is 4. The second kappa shape index (κ2) is 4.65. The van der Waals surface area contributed by atoms with Gasteiger partial charge in [0.05, 0.1) is 10.7 Å². The number of nitrogen functional groups attached to an aromatic ring is 1. The SMILES string of the molecule is Cc1cc(Cl)c(-c2ccnc(NN)n2)cc1F. The number of hydrazine groups is 1. The van der Waals surface area contributed by atoms with Crippen LogP contribution in [0, 0.1) is 12.7 Å². The maximum Gasteiger partial charge on any atom is 0.237 e. The van der Waals surface area contributed by atoms with E-state index in [4.69, 9.17) is 17.4 Å². The van der Waals surface area contributed by atoms with Gasteiger partial charge < -0.3 is 0 Å². The molecule has 2 rings (SSSR count). The predicted molar refractivity (Wildman–Crippen MR) is 65.0 cm³/mol. The summed E-state index contributed by atoms with van der Waals surface area (Å²) in [5.74, 6) is 5.13. The molecule has 0 fully saturated rings. The smallest absolute Gasteiger partial charge is 0.237 e. The lowest BCUT2D eigenvalue weighted by Crippen LogP contribution is -2.10. The molecule has 6 heteroatoms. The van der Waals surface area contributed by atoms with Crippen LogP contribution in [0.25, 0.3) is 11.3 Å². The summed E-state index contributed by atoms with van der Waals surface area (Å²) in [5.41, 5.74) is 3.83. The highest BCUT2D eigenvalue weighted by atomic mass is 35.5. The Hall–Kier alpha value is -1.72. The molecular formula is C11H10ClFN4. The Morgan fingerprint density at radius 3 is 2.88 bits per heavy atom. The Balaban J connectivity index is 2.56. The highest BCUT2D eigenvalue weighted by Crippen LogP contribution is 2.29. The van der Waals surface area contributed by atoms with Gasteiger partial charge in [0.25, 0.3) is 0 Å². The molecule has 1 aromatic heterocycles. The molecule has 0 aliphatic heterocycles. The normalized spacial score (nSPS) is 10.4. The van der Waals surface area contributed by atoms with Crippen LogP contribution < -0.4 is 11.3 Å². The van der Waals surface area contributed by atoms with Crippen molar-refractivity contribution >= 4 is 17.5 Å². The molecule has 0 saturated heterocycles. The Kier molecular flexibility index (Phi) is 3.21. The van der Waals surface area contributed by atoms with Gasteiger partial charge in [0.2, 0.25) is 5.95 Å². The van der Waals surface area contributed by atoms with Crippen LogP contribution in [-0.2, 0) is 0 Å². The first kappa shape index (κ1) is 11.8. The molecule has 2 aromatic rings. The molecule has 0 spiro atoms. The van der Waals surface area contributed by atoms with Crippen molar-refractivity contribution in [2.45, 2.75) is 6.92 Å². The lowest BCUT2D eigenvalue weighted by Gasteiger charge is -2.07. The standard InChI is InChI=1S/C11H10ClFN4/c1-6-4-8(12)7(5-9(6)13)10-2-3-15-11(16-10)17-14/h2-5H,14H2,1H3,(H,15,16,17). The topological polar surface area (TPSA) is 63.8 Å². The van der Waals surface area contributed by atoms with Crippen LogP contribution in [0.1, 0.15) is 5.56 Å². The number of rotatable bonds is 2. The van der Waals surface area contributed by atoms with E-state index >= 15 is 0 Å². The van der Waals surface area contributed by atoms with Crippen molar-refractivity contribution in [2.24, 2.45) is 5.84 Å². The van der Waals surface area contributed by atoms with Crippen molar-refractivity contribution in [2.75, 3.05) is 5.43 Å². The van der Waals surface area contributed by atoms with Crippen LogP contribution in [0.4, 0.5) is 10.3 Å². The zero-order chi connectivity index (χ0) is 12.4. The minimum atomic E-state index is -0.328. The van der Waals surface area contributed by atoms with E-state index in [9.17, 15) is 4.39 Å². The summed E-state index contributed by atoms with van der Waals surface area (Å²) in [5, 5.41) is 0.436. The molecule has 0 atom stereocenters. The first-order chi connectivity index (χ1) is 8.11. The number of nitrogens with two attached hydrogens (primary N) is 1. The van der Waals surface area contributed by atoms with Crippen LogP contribution in [0.2, 0.25) is 5.02 Å². The second-order valence-electron chi connectivity index (χ2n) is 3.49. The molecule has 1 heterocycles. The van der Waals surface area contributed by atoms with Gasteiger partial charge in [0, 0.05) is 11.8 Å². The van der Waals surface area contributed by atoms with Crippen LogP contribution >= 0.6 is 11.6 Å². The molecule has 0 amide bonds. The minimum absolute atomic E-state index is 0.250. The van der Waals surface area contributed by atoms with Gasteiger partial charge in [0.15, 0.2) is 0 Å². The maximum absolute atomic E-state index is 13.5. The third-order valence-corrected chi connectivity index (χ3v) is 2.62. The molecule has 88 valence electrons. The zero-order valence-electron chi connectivity index (χ0n) is 9.04. The van der Waals surface area contributed by atoms with Crippen LogP contribution in [0.3, 0.4) is 0 Å². The number of aryl methyl sites for hydroxylation is 1. The quantitative estimate of drug-likeness (QED) is 0.637. The lowest BCUT2D eigenvalue weighted by atomic mass is 10.1. The zero-order valence-corrected chi connectivity index (χ0v) is 9.79. The van der Waals surface area contributed by atoms with Crippen molar-refractivity contribution in [3.05, 3.63) is 40.8 Å². The number of anilines is 1. The van der Waals surface area contributed by atoms with E-state index in [1.165, 1.54) is 12.3 Å². The molecule has 0 aliphatic carbocycles. The Morgan fingerprint density at radius 2 is 2.18 bits per heavy atom. The van der Waals surface area contributed by atoms with E-state index in [0.717, 1.165) is 0 Å². The Bertz CT molecular complexity index is 559. The number of hydrogen-bond donors (Lipinski definition) is 2. The fourth-order valence-electron chi connectivity index (χ4n) is 1.42. The Morgan fingerprint density at radius 1 is 1.41 bits per heavy atom. The summed E-state index contributed by atoms with van der Waals surface area (Å²) in [7, 11) is 0. The predicted octanol–water partition coefficient (Wildman–Crippen LogP) is 2.53. The van der Waals surface area contributed by atoms with Gasteiger partial charge in [-0.2, -0.15) is 0 Å². The summed E-state index contributed by atoms with van der Waals surface area (Å²) in [6, 6.07) is 4.54. The summed E-state index contributed by atoms with van der Waals surface area (Å²) < 4.78 is 13.5. The maximum atomic E-state index is 13.5. The summed E-state index contributed by atoms with van der Waals surface area (Å²) in [6.07, 6.45) is 1.52. The minimum Gasteiger partial charge on any atom is -0.292 e. The second-order valence-corrected chi connectivity index (χ2v) is 3.90. The summed E-state index contributed by atoms with van der Waals surface area (Å²) in [4.78, 5) is 7.96. The fourth-order valence-corrected chi connectivity index (χ4v) is 1.74. The third kappa shape index (κ3) is 2.35. The van der Waals surface area contributed by atoms with Gasteiger partial charge in [-0.05, 0) is 30.7 Å². The van der Waals surface area contributed by atoms with Crippen molar-refractivity contribution < 1.29 is 4.39 Å². The van der Waals surface area contributed by atoms with E-state index in [1.54, 1.807) is 19.1 Å². The fraction of sp³-hybridized carbons (Fsp3) is 0.0909. The number of nitrogens with zero attached hydrogens (tertiary/aromatic N) is 2. The Labute approximate surface area is 103 Å². The van der Waals surface area contributed by atoms with Gasteiger partial charge in [-0.1, -0.05) is 11.6 Å². The first-order valence-electron chi connectivity index (χ1n) is 4.87. The van der Waals surface area contributed by atoms with E-state index < -0.39 is 0 Å². The van der Waals surface area contributed by atoms with E-state index in [1.807, 2.05) is 0 Å². The van der Waals surface area contributed by atoms with E-state index in [0.29, 0.717) is 21.8 Å². The molecule has 17 heavy (non-hydrogen) atoms. The lowest BCUT2D eigenvalue weighted by molar-refractivity contribution is 0.619. The summed E-state index contributed by atoms with van der Waals surface area (Å²) in [6.45, 7) is 1.65. The van der Waals surface area contributed by atoms with Crippen LogP contribution in [0.15, 0.2) is 24.4 Å². The number of aromatic nitrogens is 2. The van der Waals surface area contributed by atoms with Gasteiger partial charge in [-0.15, -0.1) is 0 Å². The first-order valence-corrected chi connectivity index (χ1v) is 5.25. The highest BCUT2D eigenvalue weighted by molar-refractivity contribution is 6.33. The van der Waals surface area contributed by atoms with Gasteiger partial charge in [-0.3, -0.25) is 5.43 Å². The molecule has 1 aromatic carbocycles. The van der Waals surface area contributed by atoms with Crippen LogP contribution in [0.5, 0.6) is 0 Å². The molecule has 0 unspecified atom stereocenters. The molecule has 0 bridgehead atoms. The molecule has 0 saturated carbocycles. The van der Waals surface area contributed by atoms with Crippen molar-refractivity contribution in [3.8, 4) is 11.3 Å². The largest absolute Gasteiger partial charge is 0.292 e. The van der Waals surface area contributed by atoms with Crippen molar-refractivity contribution in [3.63, 3.8) is 0 Å². The van der Waals surface area contributed by atoms with Gasteiger partial charge in [0.1, 0.15) is 5.82 Å². The van der Waals surface area contributed by atoms with Crippen molar-refractivity contribution in [1.29, 1.82) is 0 Å². The molecule has 0 radical (unpaired) electrons. The number of benzene rings is 1. The number of nitrogens with one attached hydrogen (secondary N) is 1. The average molecular weight is 253 g/mol. The number of halogens is 2. The molecule has 4 nitrogen and oxygen atoms in total. The van der Waals surface area contributed by atoms with Gasteiger partial charge >= 0.3 is 0 Å². The monoisotopic (exact) mass is 252 g/mol. The average Bonchev–Trinajstić information content (AvgIpc) is 2.34. The van der Waals surface area contributed by atoms with E-state index in [2.05, 4.69) is 15.4 Å². The van der Waals surface area contributed by atoms with Crippen LogP contribution in [-0.4, -0.2) is 9.97 Å². The van der Waals surface area contributed by atoms with E-state index in [-0.39, 0.29) is 11.8 Å².